The molecule has 0 atom stereocenters. The van der Waals surface area contributed by atoms with Crippen molar-refractivity contribution < 1.29 is 9.59 Å². The van der Waals surface area contributed by atoms with Crippen LogP contribution >= 0.6 is 0 Å². The maximum absolute atomic E-state index is 11.9. The first kappa shape index (κ1) is 15.8. The molecule has 1 aliphatic rings. The van der Waals surface area contributed by atoms with E-state index < -0.39 is 12.1 Å². The molecule has 1 aliphatic heterocycles. The molecule has 1 aromatic rings. The first-order valence-corrected chi connectivity index (χ1v) is 7.04. The van der Waals surface area contributed by atoms with Gasteiger partial charge in [-0.3, -0.25) is 0 Å². The maximum atomic E-state index is 11.9. The Balaban J connectivity index is 1.95. The van der Waals surface area contributed by atoms with Crippen LogP contribution in [0, 0.1) is 0 Å². The predicted octanol–water partition coefficient (Wildman–Crippen LogP) is 2.42. The van der Waals surface area contributed by atoms with Crippen LogP contribution in [0.25, 0.3) is 0 Å². The molecule has 118 valence electrons. The van der Waals surface area contributed by atoms with Gasteiger partial charge in [0.25, 0.3) is 0 Å². The average molecular weight is 303 g/mol. The topological polar surface area (TPSA) is 85.8 Å². The van der Waals surface area contributed by atoms with Gasteiger partial charge in [0.05, 0.1) is 12.3 Å². The minimum atomic E-state index is -0.478. The zero-order chi connectivity index (χ0) is 16.3. The molecule has 0 spiro atoms. The molecule has 0 aromatic heterocycles. The Morgan fingerprint density at radius 3 is 2.50 bits per heavy atom. The second-order valence-corrected chi connectivity index (χ2v) is 6.24. The number of hydrazine groups is 1. The summed E-state index contributed by atoms with van der Waals surface area (Å²) >= 11 is 0. The number of hydrazone groups is 1. The number of hydrogen-bond acceptors (Lipinski definition) is 3. The van der Waals surface area contributed by atoms with Crippen LogP contribution in [0.3, 0.4) is 0 Å². The van der Waals surface area contributed by atoms with E-state index in [2.05, 4.69) is 42.0 Å². The molecule has 4 amide bonds. The lowest BCUT2D eigenvalue weighted by Gasteiger charge is -2.25. The molecular weight excluding hydrogens is 282 g/mol. The van der Waals surface area contributed by atoms with Crippen LogP contribution < -0.4 is 16.2 Å². The quantitative estimate of drug-likeness (QED) is 0.783. The highest BCUT2D eigenvalue weighted by molar-refractivity contribution is 5.95. The fourth-order valence-electron chi connectivity index (χ4n) is 1.97. The summed E-state index contributed by atoms with van der Waals surface area (Å²) in [6.45, 7) is 8.39. The van der Waals surface area contributed by atoms with E-state index in [1.54, 1.807) is 6.92 Å². The molecule has 7 heteroatoms. The van der Waals surface area contributed by atoms with Crippen LogP contribution in [0.15, 0.2) is 29.4 Å². The zero-order valence-corrected chi connectivity index (χ0v) is 13.2. The van der Waals surface area contributed by atoms with Crippen molar-refractivity contribution in [2.24, 2.45) is 5.10 Å². The molecule has 1 heterocycles. The largest absolute Gasteiger partial charge is 0.356 e. The Kier molecular flexibility index (Phi) is 4.35. The molecule has 0 saturated heterocycles. The molecule has 1 aromatic carbocycles. The maximum Gasteiger partial charge on any atom is 0.356 e. The van der Waals surface area contributed by atoms with Gasteiger partial charge in [0.2, 0.25) is 0 Å². The van der Waals surface area contributed by atoms with Gasteiger partial charge in [0.15, 0.2) is 0 Å². The predicted molar refractivity (Wildman–Crippen MR) is 85.6 cm³/mol. The van der Waals surface area contributed by atoms with Crippen molar-refractivity contribution >= 4 is 23.5 Å². The van der Waals surface area contributed by atoms with Gasteiger partial charge in [-0.15, -0.1) is 0 Å². The van der Waals surface area contributed by atoms with Gasteiger partial charge in [-0.05, 0) is 30.0 Å². The number of rotatable bonds is 2. The average Bonchev–Trinajstić information content (AvgIpc) is 2.42. The number of benzene rings is 1. The first-order chi connectivity index (χ1) is 10.3. The van der Waals surface area contributed by atoms with Crippen molar-refractivity contribution in [1.29, 1.82) is 0 Å². The number of carbonyl (C=O) groups is 2. The van der Waals surface area contributed by atoms with Gasteiger partial charge < -0.3 is 5.32 Å². The van der Waals surface area contributed by atoms with Crippen LogP contribution in [0.5, 0.6) is 0 Å². The number of nitrogens with one attached hydrogen (secondary N) is 3. The van der Waals surface area contributed by atoms with E-state index in [9.17, 15) is 9.59 Å². The van der Waals surface area contributed by atoms with E-state index in [-0.39, 0.29) is 12.0 Å². The lowest BCUT2D eigenvalue weighted by molar-refractivity contribution is 0.177. The molecule has 0 aliphatic carbocycles. The fourth-order valence-corrected chi connectivity index (χ4v) is 1.97. The summed E-state index contributed by atoms with van der Waals surface area (Å²) < 4.78 is 0. The van der Waals surface area contributed by atoms with Crippen LogP contribution in [0.4, 0.5) is 15.3 Å². The summed E-state index contributed by atoms with van der Waals surface area (Å²) in [4.78, 5) is 23.5. The van der Waals surface area contributed by atoms with Crippen molar-refractivity contribution in [1.82, 2.24) is 15.9 Å². The van der Waals surface area contributed by atoms with Crippen molar-refractivity contribution in [2.75, 3.05) is 11.9 Å². The minimum Gasteiger partial charge on any atom is -0.307 e. The lowest BCUT2D eigenvalue weighted by Crippen LogP contribution is -2.55. The van der Waals surface area contributed by atoms with Gasteiger partial charge in [-0.25, -0.2) is 25.4 Å². The van der Waals surface area contributed by atoms with Crippen molar-refractivity contribution in [3.8, 4) is 0 Å². The summed E-state index contributed by atoms with van der Waals surface area (Å²) in [5.74, 6) is 0. The summed E-state index contributed by atoms with van der Waals surface area (Å²) in [5.41, 5.74) is 7.39. The molecule has 2 rings (SSSR count). The second kappa shape index (κ2) is 6.05. The standard InChI is InChI=1S/C15H21N5O2/c1-10-9-20(14(22)18-17-10)19-13(21)16-12-7-5-11(6-8-12)15(2,3)4/h5-8H,9H2,1-4H3,(H,18,22)(H2,16,19,21). The van der Waals surface area contributed by atoms with Gasteiger partial charge >= 0.3 is 12.1 Å². The van der Waals surface area contributed by atoms with Crippen LogP contribution in [-0.2, 0) is 5.41 Å². The molecule has 7 nitrogen and oxygen atoms in total. The second-order valence-electron chi connectivity index (χ2n) is 6.24. The van der Waals surface area contributed by atoms with Gasteiger partial charge in [-0.2, -0.15) is 5.10 Å². The molecule has 0 saturated carbocycles. The third-order valence-corrected chi connectivity index (χ3v) is 3.22. The molecule has 0 fully saturated rings. The Hall–Kier alpha value is -2.57. The number of anilines is 1. The minimum absolute atomic E-state index is 0.0591. The highest BCUT2D eigenvalue weighted by Gasteiger charge is 2.20. The SMILES string of the molecule is CC1=NNC(=O)N(NC(=O)Nc2ccc(C(C)(C)C)cc2)C1. The molecule has 22 heavy (non-hydrogen) atoms. The van der Waals surface area contributed by atoms with Crippen molar-refractivity contribution in [3.05, 3.63) is 29.8 Å². The van der Waals surface area contributed by atoms with Gasteiger partial charge in [0.1, 0.15) is 0 Å². The number of nitrogens with zero attached hydrogens (tertiary/aromatic N) is 2. The Morgan fingerprint density at radius 2 is 1.91 bits per heavy atom. The molecule has 0 radical (unpaired) electrons. The number of amides is 4. The third-order valence-electron chi connectivity index (χ3n) is 3.22. The van der Waals surface area contributed by atoms with E-state index >= 15 is 0 Å². The Morgan fingerprint density at radius 1 is 1.27 bits per heavy atom. The first-order valence-electron chi connectivity index (χ1n) is 7.04. The highest BCUT2D eigenvalue weighted by Crippen LogP contribution is 2.23. The number of urea groups is 2. The fraction of sp³-hybridized carbons (Fsp3) is 0.400. The summed E-state index contributed by atoms with van der Waals surface area (Å²) in [6.07, 6.45) is 0. The molecule has 0 bridgehead atoms. The molecule has 3 N–H and O–H groups in total. The van der Waals surface area contributed by atoms with E-state index in [0.717, 1.165) is 0 Å². The highest BCUT2D eigenvalue weighted by atomic mass is 16.2. The van der Waals surface area contributed by atoms with Gasteiger partial charge in [-0.1, -0.05) is 32.9 Å². The van der Waals surface area contributed by atoms with Crippen molar-refractivity contribution in [3.63, 3.8) is 0 Å². The zero-order valence-electron chi connectivity index (χ0n) is 13.2. The van der Waals surface area contributed by atoms with Crippen LogP contribution in [0.2, 0.25) is 0 Å². The number of carbonyl (C=O) groups excluding carboxylic acids is 2. The van der Waals surface area contributed by atoms with Crippen molar-refractivity contribution in [2.45, 2.75) is 33.1 Å². The monoisotopic (exact) mass is 303 g/mol. The van der Waals surface area contributed by atoms with E-state index in [4.69, 9.17) is 0 Å². The van der Waals surface area contributed by atoms with Crippen LogP contribution in [0.1, 0.15) is 33.3 Å². The summed E-state index contributed by atoms with van der Waals surface area (Å²) in [6, 6.07) is 6.67. The summed E-state index contributed by atoms with van der Waals surface area (Å²) in [5, 5.41) is 7.65. The number of hydrogen-bond donors (Lipinski definition) is 3. The normalized spacial score (nSPS) is 15.0. The Bertz CT molecular complexity index is 601. The smallest absolute Gasteiger partial charge is 0.307 e. The van der Waals surface area contributed by atoms with Gasteiger partial charge in [0, 0.05) is 5.69 Å². The Labute approximate surface area is 129 Å². The lowest BCUT2D eigenvalue weighted by atomic mass is 9.87. The molecular formula is C15H21N5O2. The van der Waals surface area contributed by atoms with Crippen LogP contribution in [-0.4, -0.2) is 29.3 Å². The third kappa shape index (κ3) is 3.97. The van der Waals surface area contributed by atoms with E-state index in [0.29, 0.717) is 11.4 Å². The summed E-state index contributed by atoms with van der Waals surface area (Å²) in [7, 11) is 0. The van der Waals surface area contributed by atoms with E-state index in [1.165, 1.54) is 10.6 Å². The van der Waals surface area contributed by atoms with E-state index in [1.807, 2.05) is 24.3 Å². The molecule has 0 unspecified atom stereocenters.